The highest BCUT2D eigenvalue weighted by Gasteiger charge is 2.20. The molecule has 2 aliphatic rings. The van der Waals surface area contributed by atoms with Gasteiger partial charge in [0.05, 0.1) is 24.9 Å². The maximum atomic E-state index is 10.9. The number of benzene rings is 2. The minimum absolute atomic E-state index is 0.00290. The number of rotatable bonds is 4. The molecule has 1 N–H and O–H groups in total. The van der Waals surface area contributed by atoms with Crippen LogP contribution >= 0.6 is 0 Å². The van der Waals surface area contributed by atoms with Gasteiger partial charge in [0.1, 0.15) is 11.8 Å². The van der Waals surface area contributed by atoms with E-state index in [-0.39, 0.29) is 12.1 Å². The number of hydrogen-bond donors (Lipinski definition) is 1. The highest BCUT2D eigenvalue weighted by atomic mass is 16.5. The van der Waals surface area contributed by atoms with Gasteiger partial charge >= 0.3 is 6.03 Å². The highest BCUT2D eigenvalue weighted by Crippen LogP contribution is 2.32. The number of carbonyl (C=O) groups excluding carboxylic acids is 1. The summed E-state index contributed by atoms with van der Waals surface area (Å²) in [5.41, 5.74) is 4.89. The molecule has 1 saturated heterocycles. The number of ether oxygens (including phenoxy) is 2. The molecule has 2 heterocycles. The van der Waals surface area contributed by atoms with Gasteiger partial charge in [0.2, 0.25) is 5.82 Å². The highest BCUT2D eigenvalue weighted by molar-refractivity contribution is 5.73. The summed E-state index contributed by atoms with van der Waals surface area (Å²) in [5.74, 6) is 1.56. The lowest BCUT2D eigenvalue weighted by Gasteiger charge is -2.26. The van der Waals surface area contributed by atoms with E-state index in [1.807, 2.05) is 32.0 Å². The number of nitriles is 1. The van der Waals surface area contributed by atoms with Crippen LogP contribution in [0.25, 0.3) is 22.8 Å². The zero-order valence-corrected chi connectivity index (χ0v) is 20.9. The minimum atomic E-state index is -0.0108. The van der Waals surface area contributed by atoms with Crippen molar-refractivity contribution in [2.24, 2.45) is 0 Å². The van der Waals surface area contributed by atoms with E-state index in [0.717, 1.165) is 18.4 Å². The van der Waals surface area contributed by atoms with Crippen molar-refractivity contribution in [1.82, 2.24) is 20.4 Å². The van der Waals surface area contributed by atoms with Crippen LogP contribution in [0.4, 0.5) is 4.79 Å². The van der Waals surface area contributed by atoms with Gasteiger partial charge in [0.25, 0.3) is 5.89 Å². The van der Waals surface area contributed by atoms with E-state index in [9.17, 15) is 10.1 Å². The third-order valence-corrected chi connectivity index (χ3v) is 6.03. The zero-order valence-electron chi connectivity index (χ0n) is 20.9. The fourth-order valence-corrected chi connectivity index (χ4v) is 4.31. The Morgan fingerprint density at radius 1 is 1.19 bits per heavy atom. The first kappa shape index (κ1) is 25.2. The number of nitrogens with one attached hydrogen (secondary N) is 1. The van der Waals surface area contributed by atoms with E-state index in [1.165, 1.54) is 17.5 Å². The summed E-state index contributed by atoms with van der Waals surface area (Å²) in [5, 5.41) is 16.1. The van der Waals surface area contributed by atoms with E-state index in [0.29, 0.717) is 54.9 Å². The largest absolute Gasteiger partial charge is 0.490 e. The molecule has 3 aromatic rings. The van der Waals surface area contributed by atoms with Gasteiger partial charge in [-0.25, -0.2) is 4.79 Å². The monoisotopic (exact) mass is 489 g/mol. The van der Waals surface area contributed by atoms with Crippen LogP contribution in [-0.4, -0.2) is 60.5 Å². The Balaban J connectivity index is 0.000000256. The number of amides is 2. The average Bonchev–Trinajstić information content (AvgIpc) is 3.59. The lowest BCUT2D eigenvalue weighted by atomic mass is 10.0. The summed E-state index contributed by atoms with van der Waals surface area (Å²) in [6, 6.07) is 13.7. The topological polar surface area (TPSA) is 114 Å². The van der Waals surface area contributed by atoms with Crippen LogP contribution < -0.4 is 10.1 Å². The van der Waals surface area contributed by atoms with E-state index >= 15 is 0 Å². The molecule has 1 aliphatic carbocycles. The molecule has 36 heavy (non-hydrogen) atoms. The molecule has 2 amide bonds. The number of hydrogen-bond acceptors (Lipinski definition) is 7. The summed E-state index contributed by atoms with van der Waals surface area (Å²) >= 11 is 0. The van der Waals surface area contributed by atoms with Crippen molar-refractivity contribution >= 4 is 6.03 Å². The van der Waals surface area contributed by atoms with Crippen molar-refractivity contribution in [1.29, 1.82) is 5.26 Å². The van der Waals surface area contributed by atoms with Crippen LogP contribution in [0.1, 0.15) is 37.0 Å². The van der Waals surface area contributed by atoms with Crippen molar-refractivity contribution in [2.75, 3.05) is 33.4 Å². The Morgan fingerprint density at radius 2 is 2.00 bits per heavy atom. The molecular formula is C27H31N5O4. The molecule has 9 nitrogen and oxygen atoms in total. The van der Waals surface area contributed by atoms with Gasteiger partial charge in [-0.15, -0.1) is 0 Å². The molecule has 1 aliphatic heterocycles. The van der Waals surface area contributed by atoms with Crippen molar-refractivity contribution in [3.8, 4) is 34.7 Å². The molecular weight excluding hydrogens is 458 g/mol. The second-order valence-corrected chi connectivity index (χ2v) is 8.86. The SMILES string of the molecule is CC(C)Oc1ccc(-c2nc(-c3cccc4c3CCC4)no2)cc1C#N.CNC(=O)N1CCOCC1. The van der Waals surface area contributed by atoms with Crippen molar-refractivity contribution < 1.29 is 18.8 Å². The molecule has 0 bridgehead atoms. The Hall–Kier alpha value is -3.90. The number of nitrogens with zero attached hydrogens (tertiary/aromatic N) is 4. The summed E-state index contributed by atoms with van der Waals surface area (Å²) in [4.78, 5) is 17.2. The van der Waals surface area contributed by atoms with Gasteiger partial charge in [-0.05, 0) is 62.4 Å². The Kier molecular flexibility index (Phi) is 8.18. The van der Waals surface area contributed by atoms with Crippen molar-refractivity contribution in [3.63, 3.8) is 0 Å². The molecule has 1 fully saturated rings. The van der Waals surface area contributed by atoms with Gasteiger partial charge < -0.3 is 24.2 Å². The fourth-order valence-electron chi connectivity index (χ4n) is 4.31. The minimum Gasteiger partial charge on any atom is -0.490 e. The van der Waals surface area contributed by atoms with E-state index in [4.69, 9.17) is 14.0 Å². The van der Waals surface area contributed by atoms with Crippen LogP contribution in [0.2, 0.25) is 0 Å². The second-order valence-electron chi connectivity index (χ2n) is 8.86. The molecule has 188 valence electrons. The van der Waals surface area contributed by atoms with Gasteiger partial charge in [-0.3, -0.25) is 0 Å². The fraction of sp³-hybridized carbons (Fsp3) is 0.407. The molecule has 9 heteroatoms. The first-order valence-electron chi connectivity index (χ1n) is 12.2. The molecule has 0 unspecified atom stereocenters. The summed E-state index contributed by atoms with van der Waals surface area (Å²) in [7, 11) is 1.64. The predicted octanol–water partition coefficient (Wildman–Crippen LogP) is 4.21. The third kappa shape index (κ3) is 5.83. The van der Waals surface area contributed by atoms with Gasteiger partial charge in [0, 0.05) is 31.3 Å². The second kappa shape index (κ2) is 11.7. The predicted molar refractivity (Wildman–Crippen MR) is 135 cm³/mol. The van der Waals surface area contributed by atoms with Gasteiger partial charge in [-0.2, -0.15) is 10.2 Å². The quantitative estimate of drug-likeness (QED) is 0.584. The van der Waals surface area contributed by atoms with Crippen molar-refractivity contribution in [2.45, 2.75) is 39.2 Å². The number of aromatic nitrogens is 2. The van der Waals surface area contributed by atoms with Crippen LogP contribution in [0, 0.1) is 11.3 Å². The third-order valence-electron chi connectivity index (χ3n) is 6.03. The number of carbonyl (C=O) groups is 1. The molecule has 0 spiro atoms. The van der Waals surface area contributed by atoms with Crippen molar-refractivity contribution in [3.05, 3.63) is 53.1 Å². The summed E-state index contributed by atoms with van der Waals surface area (Å²) < 4.78 is 16.2. The summed E-state index contributed by atoms with van der Waals surface area (Å²) in [6.45, 7) is 6.59. The molecule has 5 rings (SSSR count). The number of morpholine rings is 1. The smallest absolute Gasteiger partial charge is 0.317 e. The molecule has 2 aromatic carbocycles. The van der Waals surface area contributed by atoms with Crippen LogP contribution in [-0.2, 0) is 17.6 Å². The van der Waals surface area contributed by atoms with Gasteiger partial charge in [-0.1, -0.05) is 23.4 Å². The first-order chi connectivity index (χ1) is 17.5. The standard InChI is InChI=1S/C21H19N3O2.C6H12N2O2/c1-13(2)25-19-10-9-15(11-16(19)12-22)21-23-20(24-26-21)18-8-4-6-14-5-3-7-17(14)18;1-7-6(9)8-2-4-10-5-3-8/h4,6,8-11,13H,3,5,7H2,1-2H3;2-5H2,1H3,(H,7,9). The Morgan fingerprint density at radius 3 is 2.72 bits per heavy atom. The Labute approximate surface area is 211 Å². The normalized spacial score (nSPS) is 14.5. The maximum Gasteiger partial charge on any atom is 0.317 e. The van der Waals surface area contributed by atoms with E-state index < -0.39 is 0 Å². The molecule has 0 saturated carbocycles. The average molecular weight is 490 g/mol. The number of fused-ring (bicyclic) bond motifs is 1. The lowest BCUT2D eigenvalue weighted by Crippen LogP contribution is -2.44. The van der Waals surface area contributed by atoms with Crippen LogP contribution in [0.5, 0.6) is 5.75 Å². The Bertz CT molecular complexity index is 1240. The summed E-state index contributed by atoms with van der Waals surface area (Å²) in [6.07, 6.45) is 3.33. The molecule has 1 aromatic heterocycles. The first-order valence-corrected chi connectivity index (χ1v) is 12.2. The zero-order chi connectivity index (χ0) is 25.5. The maximum absolute atomic E-state index is 10.9. The van der Waals surface area contributed by atoms with Gasteiger partial charge in [0.15, 0.2) is 0 Å². The van der Waals surface area contributed by atoms with Crippen LogP contribution in [0.3, 0.4) is 0 Å². The molecule has 0 atom stereocenters. The number of urea groups is 1. The van der Waals surface area contributed by atoms with Crippen LogP contribution in [0.15, 0.2) is 40.9 Å². The number of aryl methyl sites for hydroxylation is 1. The lowest BCUT2D eigenvalue weighted by molar-refractivity contribution is 0.0537. The van der Waals surface area contributed by atoms with E-state index in [1.54, 1.807) is 24.1 Å². The van der Waals surface area contributed by atoms with E-state index in [2.05, 4.69) is 27.6 Å². The molecule has 0 radical (unpaired) electrons.